The van der Waals surface area contributed by atoms with Gasteiger partial charge in [0.2, 0.25) is 0 Å². The van der Waals surface area contributed by atoms with Crippen molar-refractivity contribution in [3.05, 3.63) is 71.7 Å². The van der Waals surface area contributed by atoms with Crippen LogP contribution in [0.15, 0.2) is 54.7 Å². The number of hydrogen-bond donors (Lipinski definition) is 1. The van der Waals surface area contributed by atoms with Crippen molar-refractivity contribution in [1.29, 1.82) is 0 Å². The second-order valence-electron chi connectivity index (χ2n) is 6.05. The Morgan fingerprint density at radius 2 is 2.08 bits per heavy atom. The Bertz CT molecular complexity index is 911. The van der Waals surface area contributed by atoms with Gasteiger partial charge in [-0.25, -0.2) is 4.39 Å². The number of fused-ring (bicyclic) bond motifs is 1. The molecule has 1 amide bonds. The maximum absolute atomic E-state index is 14.2. The lowest BCUT2D eigenvalue weighted by atomic mass is 10.1. The lowest BCUT2D eigenvalue weighted by molar-refractivity contribution is 0.0950. The maximum Gasteiger partial charge on any atom is 0.251 e. The highest BCUT2D eigenvalue weighted by molar-refractivity contribution is 5.97. The number of nitrogens with one attached hydrogen (secondary N) is 1. The van der Waals surface area contributed by atoms with Crippen LogP contribution in [0.4, 0.5) is 4.39 Å². The zero-order valence-corrected chi connectivity index (χ0v) is 14.7. The average molecular weight is 352 g/mol. The van der Waals surface area contributed by atoms with Gasteiger partial charge in [0, 0.05) is 35.3 Å². The van der Waals surface area contributed by atoms with E-state index in [-0.39, 0.29) is 18.3 Å². The third-order valence-corrected chi connectivity index (χ3v) is 4.10. The fraction of sp³-hybridized carbons (Fsp3) is 0.238. The molecule has 134 valence electrons. The fourth-order valence-electron chi connectivity index (χ4n) is 2.59. The average Bonchev–Trinajstić information content (AvgIpc) is 2.67. The topological polar surface area (TPSA) is 51.2 Å². The number of hydrogen-bond acceptors (Lipinski definition) is 3. The molecule has 26 heavy (non-hydrogen) atoms. The van der Waals surface area contributed by atoms with E-state index >= 15 is 0 Å². The van der Waals surface area contributed by atoms with E-state index in [0.717, 1.165) is 23.7 Å². The number of carbonyl (C=O) groups excluding carboxylic acids is 1. The molecule has 3 aromatic rings. The molecule has 1 heterocycles. The molecule has 0 aliphatic rings. The normalized spacial score (nSPS) is 10.7. The van der Waals surface area contributed by atoms with Crippen molar-refractivity contribution in [2.24, 2.45) is 0 Å². The molecule has 0 bridgehead atoms. The number of carbonyl (C=O) groups is 1. The number of nitrogens with zero attached hydrogens (tertiary/aromatic N) is 1. The van der Waals surface area contributed by atoms with E-state index in [1.807, 2.05) is 12.1 Å². The fourth-order valence-corrected chi connectivity index (χ4v) is 2.59. The van der Waals surface area contributed by atoms with Crippen molar-refractivity contribution in [2.45, 2.75) is 26.3 Å². The minimum absolute atomic E-state index is 0.116. The second-order valence-corrected chi connectivity index (χ2v) is 6.05. The van der Waals surface area contributed by atoms with E-state index in [1.165, 1.54) is 6.07 Å². The monoisotopic (exact) mass is 352 g/mol. The predicted molar refractivity (Wildman–Crippen MR) is 99.7 cm³/mol. The van der Waals surface area contributed by atoms with Gasteiger partial charge in [-0.2, -0.15) is 0 Å². The van der Waals surface area contributed by atoms with Gasteiger partial charge in [-0.05, 0) is 36.8 Å². The van der Waals surface area contributed by atoms with Crippen LogP contribution in [0.25, 0.3) is 10.9 Å². The highest BCUT2D eigenvalue weighted by Gasteiger charge is 2.09. The number of aromatic nitrogens is 1. The Morgan fingerprint density at radius 1 is 1.19 bits per heavy atom. The Labute approximate surface area is 152 Å². The summed E-state index contributed by atoms with van der Waals surface area (Å²) in [5, 5.41) is 3.64. The summed E-state index contributed by atoms with van der Waals surface area (Å²) in [4.78, 5) is 16.6. The lowest BCUT2D eigenvalue weighted by Gasteiger charge is -2.10. The van der Waals surface area contributed by atoms with Crippen molar-refractivity contribution in [3.63, 3.8) is 0 Å². The highest BCUT2D eigenvalue weighted by atomic mass is 19.1. The van der Waals surface area contributed by atoms with Gasteiger partial charge in [0.15, 0.2) is 0 Å². The van der Waals surface area contributed by atoms with E-state index < -0.39 is 0 Å². The number of halogens is 1. The molecule has 1 N–H and O–H groups in total. The molecular weight excluding hydrogens is 331 g/mol. The molecule has 0 aliphatic heterocycles. The van der Waals surface area contributed by atoms with Crippen LogP contribution in [0, 0.1) is 5.82 Å². The van der Waals surface area contributed by atoms with Gasteiger partial charge in [-0.3, -0.25) is 9.78 Å². The summed E-state index contributed by atoms with van der Waals surface area (Å²) in [5.41, 5.74) is 1.77. The third-order valence-electron chi connectivity index (χ3n) is 4.10. The molecule has 0 saturated carbocycles. The molecule has 3 rings (SSSR count). The second kappa shape index (κ2) is 8.43. The standard InChI is InChI=1S/C21H21FN2O2/c1-2-3-11-26-18-8-6-17(19(22)13-18)14-24-21(25)16-7-9-20-15(12-16)5-4-10-23-20/h4-10,12-13H,2-3,11,14H2,1H3,(H,24,25). The number of amides is 1. The summed E-state index contributed by atoms with van der Waals surface area (Å²) in [6, 6.07) is 13.7. The summed E-state index contributed by atoms with van der Waals surface area (Å²) in [6.45, 7) is 2.76. The van der Waals surface area contributed by atoms with E-state index in [4.69, 9.17) is 4.74 Å². The van der Waals surface area contributed by atoms with Crippen molar-refractivity contribution in [2.75, 3.05) is 6.61 Å². The van der Waals surface area contributed by atoms with Crippen LogP contribution in [0.2, 0.25) is 0 Å². The van der Waals surface area contributed by atoms with Crippen LogP contribution in [-0.2, 0) is 6.54 Å². The highest BCUT2D eigenvalue weighted by Crippen LogP contribution is 2.18. The van der Waals surface area contributed by atoms with Crippen LogP contribution in [0.3, 0.4) is 0 Å². The van der Waals surface area contributed by atoms with Gasteiger partial charge in [0.05, 0.1) is 12.1 Å². The summed E-state index contributed by atoms with van der Waals surface area (Å²) < 4.78 is 19.7. The molecule has 0 atom stereocenters. The molecule has 0 unspecified atom stereocenters. The van der Waals surface area contributed by atoms with Gasteiger partial charge >= 0.3 is 0 Å². The first-order valence-corrected chi connectivity index (χ1v) is 8.71. The molecule has 1 aromatic heterocycles. The van der Waals surface area contributed by atoms with Gasteiger partial charge in [0.1, 0.15) is 11.6 Å². The minimum atomic E-state index is -0.387. The molecule has 0 saturated heterocycles. The Kier molecular flexibility index (Phi) is 5.79. The Balaban J connectivity index is 1.63. The largest absolute Gasteiger partial charge is 0.493 e. The number of benzene rings is 2. The minimum Gasteiger partial charge on any atom is -0.493 e. The van der Waals surface area contributed by atoms with Gasteiger partial charge < -0.3 is 10.1 Å². The zero-order valence-electron chi connectivity index (χ0n) is 14.7. The molecule has 0 aliphatic carbocycles. The summed E-state index contributed by atoms with van der Waals surface area (Å²) in [6.07, 6.45) is 3.67. The summed E-state index contributed by atoms with van der Waals surface area (Å²) >= 11 is 0. The smallest absolute Gasteiger partial charge is 0.251 e. The maximum atomic E-state index is 14.2. The molecular formula is C21H21FN2O2. The van der Waals surface area contributed by atoms with Gasteiger partial charge in [-0.15, -0.1) is 0 Å². The van der Waals surface area contributed by atoms with Crippen LogP contribution in [-0.4, -0.2) is 17.5 Å². The van der Waals surface area contributed by atoms with Crippen LogP contribution < -0.4 is 10.1 Å². The first-order valence-electron chi connectivity index (χ1n) is 8.71. The van der Waals surface area contributed by atoms with Crippen molar-refractivity contribution in [3.8, 4) is 5.75 Å². The van der Waals surface area contributed by atoms with Crippen LogP contribution in [0.1, 0.15) is 35.7 Å². The lowest BCUT2D eigenvalue weighted by Crippen LogP contribution is -2.23. The molecule has 5 heteroatoms. The zero-order chi connectivity index (χ0) is 18.4. The molecule has 0 fully saturated rings. The van der Waals surface area contributed by atoms with Crippen molar-refractivity contribution >= 4 is 16.8 Å². The predicted octanol–water partition coefficient (Wildman–Crippen LogP) is 4.48. The number of ether oxygens (including phenoxy) is 1. The Morgan fingerprint density at radius 3 is 2.88 bits per heavy atom. The number of rotatable bonds is 7. The number of pyridine rings is 1. The van der Waals surface area contributed by atoms with Crippen LogP contribution >= 0.6 is 0 Å². The molecule has 0 radical (unpaired) electrons. The van der Waals surface area contributed by atoms with Gasteiger partial charge in [0.25, 0.3) is 5.91 Å². The molecule has 4 nitrogen and oxygen atoms in total. The van der Waals surface area contributed by atoms with Crippen molar-refractivity contribution < 1.29 is 13.9 Å². The van der Waals surface area contributed by atoms with E-state index in [1.54, 1.807) is 36.5 Å². The molecule has 2 aromatic carbocycles. The van der Waals surface area contributed by atoms with E-state index in [0.29, 0.717) is 23.5 Å². The van der Waals surface area contributed by atoms with Crippen LogP contribution in [0.5, 0.6) is 5.75 Å². The third kappa shape index (κ3) is 4.36. The van der Waals surface area contributed by atoms with E-state index in [9.17, 15) is 9.18 Å². The SMILES string of the molecule is CCCCOc1ccc(CNC(=O)c2ccc3ncccc3c2)c(F)c1. The summed E-state index contributed by atoms with van der Waals surface area (Å²) in [7, 11) is 0. The van der Waals surface area contributed by atoms with Gasteiger partial charge in [-0.1, -0.05) is 25.5 Å². The summed E-state index contributed by atoms with van der Waals surface area (Å²) in [5.74, 6) is -0.131. The Hall–Kier alpha value is -2.95. The molecule has 0 spiro atoms. The first kappa shape index (κ1) is 17.9. The quantitative estimate of drug-likeness (QED) is 0.638. The number of unbranched alkanes of at least 4 members (excludes halogenated alkanes) is 1. The first-order chi connectivity index (χ1) is 12.7. The van der Waals surface area contributed by atoms with E-state index in [2.05, 4.69) is 17.2 Å². The van der Waals surface area contributed by atoms with Crippen molar-refractivity contribution in [1.82, 2.24) is 10.3 Å².